The number of ether oxygens (including phenoxy) is 6. The van der Waals surface area contributed by atoms with Gasteiger partial charge in [-0.05, 0) is 84.3 Å². The van der Waals surface area contributed by atoms with Crippen molar-refractivity contribution in [1.29, 1.82) is 0 Å². The van der Waals surface area contributed by atoms with Gasteiger partial charge in [-0.1, -0.05) is 129 Å². The largest absolute Gasteiger partial charge is 0.796 e. The number of carbonyl (C=O) groups excluding carboxylic acids is 1. The first-order valence-electron chi connectivity index (χ1n) is 26.3. The molecule has 0 amide bonds. The molecule has 13 heteroatoms. The fourth-order valence-corrected chi connectivity index (χ4v) is 9.22. The number of hydrogen-bond acceptors (Lipinski definition) is 8. The molecule has 10 nitrogen and oxygen atoms in total. The lowest BCUT2D eigenvalue weighted by Gasteiger charge is -2.21. The van der Waals surface area contributed by atoms with Gasteiger partial charge in [0, 0.05) is 38.4 Å². The number of aromatic nitrogens is 2. The van der Waals surface area contributed by atoms with Gasteiger partial charge in [0.25, 0.3) is 0 Å². The number of aromatic amines is 2. The Labute approximate surface area is 421 Å². The number of hydrogen-bond donors (Lipinski definition) is 2. The summed E-state index contributed by atoms with van der Waals surface area (Å²) in [4.78, 5) is 21.6. The molecule has 2 N–H and O–H groups in total. The fourth-order valence-electron chi connectivity index (χ4n) is 9.22. The molecular weight excluding hydrogens is 913 g/mol. The summed E-state index contributed by atoms with van der Waals surface area (Å²) in [5, 5.41) is 8.19. The molecule has 8 rings (SSSR count). The third kappa shape index (κ3) is 11.1. The number of H-pyrrole nitrogens is 2. The van der Waals surface area contributed by atoms with Crippen LogP contribution >= 0.6 is 0 Å². The molecule has 0 spiro atoms. The zero-order chi connectivity index (χ0) is 50.6. The number of nitrogens with one attached hydrogen (secondary N) is 2. The summed E-state index contributed by atoms with van der Waals surface area (Å²) in [5.41, 5.74) is 1.73. The Kier molecular flexibility index (Phi) is 17.7. The Morgan fingerprint density at radius 2 is 0.819 bits per heavy atom. The molecule has 0 atom stereocenters. The number of halogens is 2. The van der Waals surface area contributed by atoms with Crippen LogP contribution in [0.15, 0.2) is 78.9 Å². The number of carbonyl (C=O) groups is 1. The van der Waals surface area contributed by atoms with Crippen molar-refractivity contribution in [2.75, 3.05) is 39.6 Å². The number of rotatable bonds is 29. The maximum absolute atomic E-state index is 14.8. The second kappa shape index (κ2) is 24.7. The first-order chi connectivity index (χ1) is 35.3. The second-order valence-corrected chi connectivity index (χ2v) is 18.4. The van der Waals surface area contributed by atoms with E-state index in [1.165, 1.54) is 0 Å². The standard InChI is InChI=1S/C59H69BF2N2O8/c1-7-13-27-66-50-35-42-38-23-19-21-25-40(38)54-44(52(42)58(70-31-17-11-5)56(50)68-29-15-9-3)33-46(63-54)48(65)37-49(72-60(61)62)47-34-45-53-43(39-24-20-22-26-41(39)55(45)64-47)36-51(67-28-14-8-2)57(69-30-16-10-4)59(53)71-32-18-12-6/h19-26,33-37,63-64H,7-18,27-32H2,1-6H3/b49-37-. The van der Waals surface area contributed by atoms with Crippen LogP contribution < -0.4 is 28.4 Å². The minimum atomic E-state index is -3.24. The normalized spacial score (nSPS) is 11.9. The average Bonchev–Trinajstić information content (AvgIpc) is 4.04. The van der Waals surface area contributed by atoms with E-state index < -0.39 is 13.3 Å². The minimum Gasteiger partial charge on any atom is -0.503 e. The van der Waals surface area contributed by atoms with Gasteiger partial charge in [-0.15, -0.1) is 0 Å². The van der Waals surface area contributed by atoms with Gasteiger partial charge in [0.05, 0.1) is 62.1 Å². The Balaban J connectivity index is 1.33. The van der Waals surface area contributed by atoms with Crippen molar-refractivity contribution in [3.8, 4) is 34.5 Å². The summed E-state index contributed by atoms with van der Waals surface area (Å²) in [5.74, 6) is 2.40. The van der Waals surface area contributed by atoms with E-state index >= 15 is 0 Å². The maximum atomic E-state index is 14.8. The lowest BCUT2D eigenvalue weighted by Crippen LogP contribution is -2.07. The number of allylic oxidation sites excluding steroid dienone is 1. The van der Waals surface area contributed by atoms with E-state index in [1.54, 1.807) is 12.1 Å². The van der Waals surface area contributed by atoms with Crippen LogP contribution in [-0.2, 0) is 4.65 Å². The van der Waals surface area contributed by atoms with Crippen LogP contribution in [0.5, 0.6) is 34.5 Å². The van der Waals surface area contributed by atoms with Gasteiger partial charge in [0.2, 0.25) is 17.3 Å². The SMILES string of the molecule is CCCCOc1cc2c3ccccc3c3[nH]c(C(=O)/C=C(\OB(F)F)c4cc5c([nH]4)c4ccccc4c4cc(OCCCC)c(OCCCC)c(OCCCC)c45)cc3c2c(OCCCC)c1OCCCC. The molecular formula is C59H69BF2N2O8. The molecule has 72 heavy (non-hydrogen) atoms. The molecule has 0 unspecified atom stereocenters. The van der Waals surface area contributed by atoms with Crippen molar-refractivity contribution < 1.29 is 46.5 Å². The monoisotopic (exact) mass is 983 g/mol. The second-order valence-electron chi connectivity index (χ2n) is 18.4. The number of benzene rings is 6. The molecule has 0 saturated heterocycles. The average molecular weight is 983 g/mol. The molecule has 6 aromatic carbocycles. The van der Waals surface area contributed by atoms with Crippen molar-refractivity contribution >= 4 is 83.9 Å². The highest BCUT2D eigenvalue weighted by molar-refractivity contribution is 6.36. The number of fused-ring (bicyclic) bond motifs is 12. The van der Waals surface area contributed by atoms with E-state index in [0.717, 1.165) is 132 Å². The third-order valence-electron chi connectivity index (χ3n) is 13.0. The summed E-state index contributed by atoms with van der Waals surface area (Å²) >= 11 is 0. The van der Waals surface area contributed by atoms with Crippen molar-refractivity contribution in [1.82, 2.24) is 9.97 Å². The van der Waals surface area contributed by atoms with Gasteiger partial charge in [-0.2, -0.15) is 0 Å². The quantitative estimate of drug-likeness (QED) is 0.0119. The lowest BCUT2D eigenvalue weighted by atomic mass is 9.96. The Morgan fingerprint density at radius 3 is 1.22 bits per heavy atom. The van der Waals surface area contributed by atoms with Gasteiger partial charge in [-0.25, -0.2) is 8.63 Å². The summed E-state index contributed by atoms with van der Waals surface area (Å²) in [6, 6.07) is 23.5. The molecule has 0 aliphatic rings. The molecule has 0 bridgehead atoms. The molecule has 0 aliphatic carbocycles. The third-order valence-corrected chi connectivity index (χ3v) is 13.0. The highest BCUT2D eigenvalue weighted by atomic mass is 19.2. The lowest BCUT2D eigenvalue weighted by molar-refractivity contribution is 0.104. The Morgan fingerprint density at radius 1 is 0.458 bits per heavy atom. The topological polar surface area (TPSA) is 113 Å². The van der Waals surface area contributed by atoms with Crippen molar-refractivity contribution in [2.24, 2.45) is 0 Å². The van der Waals surface area contributed by atoms with E-state index in [-0.39, 0.29) is 17.1 Å². The van der Waals surface area contributed by atoms with Crippen LogP contribution in [0.4, 0.5) is 8.63 Å². The molecule has 0 fully saturated rings. The number of ketones is 1. The van der Waals surface area contributed by atoms with E-state index in [0.29, 0.717) is 90.6 Å². The van der Waals surface area contributed by atoms with Crippen LogP contribution in [0.2, 0.25) is 0 Å². The van der Waals surface area contributed by atoms with Gasteiger partial charge >= 0.3 is 7.47 Å². The molecule has 0 saturated carbocycles. The van der Waals surface area contributed by atoms with Gasteiger partial charge in [0.15, 0.2) is 23.0 Å². The van der Waals surface area contributed by atoms with Gasteiger partial charge in [-0.3, -0.25) is 4.79 Å². The first-order valence-corrected chi connectivity index (χ1v) is 26.3. The van der Waals surface area contributed by atoms with E-state index in [2.05, 4.69) is 51.5 Å². The predicted octanol–water partition coefficient (Wildman–Crippen LogP) is 16.5. The molecule has 0 aliphatic heterocycles. The van der Waals surface area contributed by atoms with Crippen molar-refractivity contribution in [2.45, 2.75) is 119 Å². The molecule has 8 aromatic rings. The van der Waals surface area contributed by atoms with Gasteiger partial charge < -0.3 is 43.0 Å². The maximum Gasteiger partial charge on any atom is 0.796 e. The van der Waals surface area contributed by atoms with Crippen molar-refractivity contribution in [3.05, 3.63) is 90.3 Å². The van der Waals surface area contributed by atoms with Crippen LogP contribution in [0.25, 0.3) is 70.7 Å². The van der Waals surface area contributed by atoms with Crippen molar-refractivity contribution in [3.63, 3.8) is 0 Å². The van der Waals surface area contributed by atoms with Crippen LogP contribution in [0.3, 0.4) is 0 Å². The summed E-state index contributed by atoms with van der Waals surface area (Å²) in [6.45, 7) is 15.5. The first kappa shape index (κ1) is 51.7. The highest BCUT2D eigenvalue weighted by Gasteiger charge is 2.28. The molecule has 380 valence electrons. The van der Waals surface area contributed by atoms with E-state index in [4.69, 9.17) is 33.1 Å². The van der Waals surface area contributed by atoms with Crippen LogP contribution in [-0.4, -0.2) is 62.9 Å². The molecule has 2 aromatic heterocycles. The Hall–Kier alpha value is -6.63. The minimum absolute atomic E-state index is 0.178. The fraction of sp³-hybridized carbons (Fsp3) is 0.407. The molecule has 0 radical (unpaired) electrons. The zero-order valence-electron chi connectivity index (χ0n) is 42.8. The smallest absolute Gasteiger partial charge is 0.503 e. The van der Waals surface area contributed by atoms with Crippen LogP contribution in [0, 0.1) is 0 Å². The highest BCUT2D eigenvalue weighted by Crippen LogP contribution is 2.51. The van der Waals surface area contributed by atoms with Gasteiger partial charge in [0.1, 0.15) is 5.76 Å². The molecule has 2 heterocycles. The van der Waals surface area contributed by atoms with Crippen LogP contribution in [0.1, 0.15) is 135 Å². The Bertz CT molecular complexity index is 3180. The van der Waals surface area contributed by atoms with E-state index in [1.807, 2.05) is 60.7 Å². The number of unbranched alkanes of at least 4 members (excludes halogenated alkanes) is 6. The summed E-state index contributed by atoms with van der Waals surface area (Å²) in [7, 11) is -3.24. The summed E-state index contributed by atoms with van der Waals surface area (Å²) < 4.78 is 74.1. The van der Waals surface area contributed by atoms with E-state index in [9.17, 15) is 13.4 Å². The zero-order valence-corrected chi connectivity index (χ0v) is 42.8. The predicted molar refractivity (Wildman–Crippen MR) is 290 cm³/mol. The summed E-state index contributed by atoms with van der Waals surface area (Å²) in [6.07, 6.45) is 11.8.